The zero-order valence-electron chi connectivity index (χ0n) is 11.2. The zero-order chi connectivity index (χ0) is 13.3. The molecule has 1 aliphatic rings. The molecule has 2 aromatic rings. The molecule has 1 aliphatic carbocycles. The van der Waals surface area contributed by atoms with Crippen molar-refractivity contribution in [2.24, 2.45) is 5.73 Å². The predicted octanol–water partition coefficient (Wildman–Crippen LogP) is 3.15. The first-order chi connectivity index (χ1) is 9.17. The zero-order valence-corrected chi connectivity index (χ0v) is 11.2. The first-order valence-corrected chi connectivity index (χ1v) is 6.87. The van der Waals surface area contributed by atoms with Crippen LogP contribution in [-0.2, 0) is 5.54 Å². The second-order valence-corrected chi connectivity index (χ2v) is 5.40. The third kappa shape index (κ3) is 2.42. The van der Waals surface area contributed by atoms with Crippen LogP contribution in [0.25, 0.3) is 11.7 Å². The molecule has 2 heterocycles. The van der Waals surface area contributed by atoms with E-state index >= 15 is 0 Å². The summed E-state index contributed by atoms with van der Waals surface area (Å²) in [5.41, 5.74) is 6.02. The summed E-state index contributed by atoms with van der Waals surface area (Å²) < 4.78 is 10.8. The number of rotatable bonds is 2. The molecular weight excluding hydrogens is 242 g/mol. The van der Waals surface area contributed by atoms with Crippen molar-refractivity contribution in [3.63, 3.8) is 0 Å². The SMILES string of the molecule is Cc1ccc(-c2nc(C3(N)CCCCCC3)no2)o1. The van der Waals surface area contributed by atoms with E-state index in [0.29, 0.717) is 17.5 Å². The molecule has 0 amide bonds. The molecule has 1 fully saturated rings. The van der Waals surface area contributed by atoms with Crippen LogP contribution in [0.5, 0.6) is 0 Å². The van der Waals surface area contributed by atoms with Gasteiger partial charge in [0.15, 0.2) is 11.6 Å². The summed E-state index contributed by atoms with van der Waals surface area (Å²) in [6, 6.07) is 3.71. The van der Waals surface area contributed by atoms with E-state index in [4.69, 9.17) is 14.7 Å². The van der Waals surface area contributed by atoms with Gasteiger partial charge in [0.1, 0.15) is 5.76 Å². The largest absolute Gasteiger partial charge is 0.456 e. The molecule has 19 heavy (non-hydrogen) atoms. The minimum absolute atomic E-state index is 0.414. The van der Waals surface area contributed by atoms with Gasteiger partial charge < -0.3 is 14.7 Å². The van der Waals surface area contributed by atoms with E-state index in [-0.39, 0.29) is 0 Å². The molecule has 102 valence electrons. The lowest BCUT2D eigenvalue weighted by molar-refractivity contribution is 0.333. The average Bonchev–Trinajstić information content (AvgIpc) is 2.97. The number of hydrogen-bond acceptors (Lipinski definition) is 5. The molecule has 0 spiro atoms. The van der Waals surface area contributed by atoms with E-state index in [1.807, 2.05) is 19.1 Å². The van der Waals surface area contributed by atoms with Crippen LogP contribution < -0.4 is 5.73 Å². The highest BCUT2D eigenvalue weighted by molar-refractivity contribution is 5.44. The third-order valence-electron chi connectivity index (χ3n) is 3.82. The van der Waals surface area contributed by atoms with Crippen molar-refractivity contribution in [3.05, 3.63) is 23.7 Å². The van der Waals surface area contributed by atoms with Gasteiger partial charge in [0.25, 0.3) is 5.89 Å². The van der Waals surface area contributed by atoms with Crippen molar-refractivity contribution in [1.82, 2.24) is 10.1 Å². The van der Waals surface area contributed by atoms with Crippen LogP contribution in [-0.4, -0.2) is 10.1 Å². The lowest BCUT2D eigenvalue weighted by Gasteiger charge is -2.23. The molecule has 0 atom stereocenters. The number of aryl methyl sites for hydroxylation is 1. The minimum Gasteiger partial charge on any atom is -0.456 e. The molecule has 5 nitrogen and oxygen atoms in total. The molecular formula is C14H19N3O2. The Morgan fingerprint density at radius 1 is 1.16 bits per heavy atom. The average molecular weight is 261 g/mol. The molecule has 0 unspecified atom stereocenters. The summed E-state index contributed by atoms with van der Waals surface area (Å²) >= 11 is 0. The van der Waals surface area contributed by atoms with E-state index in [0.717, 1.165) is 31.4 Å². The van der Waals surface area contributed by atoms with Crippen LogP contribution >= 0.6 is 0 Å². The van der Waals surface area contributed by atoms with Crippen LogP contribution in [0.3, 0.4) is 0 Å². The molecule has 1 saturated carbocycles. The Kier molecular flexibility index (Phi) is 3.14. The smallest absolute Gasteiger partial charge is 0.293 e. The van der Waals surface area contributed by atoms with Gasteiger partial charge >= 0.3 is 0 Å². The fourth-order valence-electron chi connectivity index (χ4n) is 2.66. The molecule has 0 aromatic carbocycles. The van der Waals surface area contributed by atoms with Gasteiger partial charge in [-0.3, -0.25) is 0 Å². The van der Waals surface area contributed by atoms with Crippen molar-refractivity contribution >= 4 is 0 Å². The van der Waals surface area contributed by atoms with Gasteiger partial charge in [0.2, 0.25) is 0 Å². The van der Waals surface area contributed by atoms with E-state index in [9.17, 15) is 0 Å². The van der Waals surface area contributed by atoms with Crippen molar-refractivity contribution in [2.45, 2.75) is 51.0 Å². The highest BCUT2D eigenvalue weighted by atomic mass is 16.5. The van der Waals surface area contributed by atoms with E-state index in [1.165, 1.54) is 12.8 Å². The topological polar surface area (TPSA) is 78.1 Å². The molecule has 0 saturated heterocycles. The molecule has 2 aromatic heterocycles. The second kappa shape index (κ2) is 4.81. The first-order valence-electron chi connectivity index (χ1n) is 6.87. The van der Waals surface area contributed by atoms with E-state index < -0.39 is 5.54 Å². The number of furan rings is 1. The predicted molar refractivity (Wildman–Crippen MR) is 70.3 cm³/mol. The Bertz CT molecular complexity index is 551. The number of nitrogens with zero attached hydrogens (tertiary/aromatic N) is 2. The maximum atomic E-state index is 6.46. The Morgan fingerprint density at radius 3 is 2.53 bits per heavy atom. The van der Waals surface area contributed by atoms with Gasteiger partial charge in [-0.1, -0.05) is 30.8 Å². The number of aromatic nitrogens is 2. The molecule has 0 bridgehead atoms. The second-order valence-electron chi connectivity index (χ2n) is 5.40. The highest BCUT2D eigenvalue weighted by Gasteiger charge is 2.33. The van der Waals surface area contributed by atoms with Gasteiger partial charge in [0.05, 0.1) is 5.54 Å². The van der Waals surface area contributed by atoms with Crippen molar-refractivity contribution < 1.29 is 8.94 Å². The Morgan fingerprint density at radius 2 is 1.89 bits per heavy atom. The van der Waals surface area contributed by atoms with Gasteiger partial charge in [-0.05, 0) is 31.9 Å². The Labute approximate surface area is 112 Å². The van der Waals surface area contributed by atoms with Crippen molar-refractivity contribution in [2.75, 3.05) is 0 Å². The standard InChI is InChI=1S/C14H19N3O2/c1-10-6-7-11(18-10)12-16-13(17-19-12)14(15)8-4-2-3-5-9-14/h6-7H,2-5,8-9,15H2,1H3. The van der Waals surface area contributed by atoms with Gasteiger partial charge in [-0.2, -0.15) is 4.98 Å². The summed E-state index contributed by atoms with van der Waals surface area (Å²) in [5.74, 6) is 2.45. The monoisotopic (exact) mass is 261 g/mol. The summed E-state index contributed by atoms with van der Waals surface area (Å²) in [5, 5.41) is 4.07. The van der Waals surface area contributed by atoms with Gasteiger partial charge in [-0.15, -0.1) is 0 Å². The molecule has 3 rings (SSSR count). The summed E-state index contributed by atoms with van der Waals surface area (Å²) in [4.78, 5) is 4.43. The fourth-order valence-corrected chi connectivity index (χ4v) is 2.66. The maximum absolute atomic E-state index is 6.46. The van der Waals surface area contributed by atoms with Crippen LogP contribution in [0, 0.1) is 6.92 Å². The highest BCUT2D eigenvalue weighted by Crippen LogP contribution is 2.33. The molecule has 2 N–H and O–H groups in total. The lowest BCUT2D eigenvalue weighted by Crippen LogP contribution is -2.37. The summed E-state index contributed by atoms with van der Waals surface area (Å²) in [6.45, 7) is 1.89. The normalized spacial score (nSPS) is 19.3. The Balaban J connectivity index is 1.87. The van der Waals surface area contributed by atoms with Crippen molar-refractivity contribution in [3.8, 4) is 11.7 Å². The Hall–Kier alpha value is -1.62. The van der Waals surface area contributed by atoms with Gasteiger partial charge in [0, 0.05) is 0 Å². The summed E-state index contributed by atoms with van der Waals surface area (Å²) in [6.07, 6.45) is 6.56. The quantitative estimate of drug-likeness (QED) is 0.840. The third-order valence-corrected chi connectivity index (χ3v) is 3.82. The lowest BCUT2D eigenvalue weighted by atomic mass is 9.91. The minimum atomic E-state index is -0.445. The summed E-state index contributed by atoms with van der Waals surface area (Å²) in [7, 11) is 0. The van der Waals surface area contributed by atoms with Crippen LogP contribution in [0.4, 0.5) is 0 Å². The fraction of sp³-hybridized carbons (Fsp3) is 0.571. The van der Waals surface area contributed by atoms with E-state index in [1.54, 1.807) is 0 Å². The van der Waals surface area contributed by atoms with Gasteiger partial charge in [-0.25, -0.2) is 0 Å². The molecule has 0 radical (unpaired) electrons. The number of hydrogen-bond donors (Lipinski definition) is 1. The maximum Gasteiger partial charge on any atom is 0.293 e. The van der Waals surface area contributed by atoms with Crippen LogP contribution in [0.2, 0.25) is 0 Å². The van der Waals surface area contributed by atoms with Crippen molar-refractivity contribution in [1.29, 1.82) is 0 Å². The van der Waals surface area contributed by atoms with Crippen LogP contribution in [0.15, 0.2) is 21.1 Å². The first kappa shape index (κ1) is 12.4. The van der Waals surface area contributed by atoms with E-state index in [2.05, 4.69) is 10.1 Å². The molecule has 0 aliphatic heterocycles. The molecule has 5 heteroatoms. The number of nitrogens with two attached hydrogens (primary N) is 1. The van der Waals surface area contributed by atoms with Crippen LogP contribution in [0.1, 0.15) is 50.1 Å².